The Labute approximate surface area is 108 Å². The largest absolute Gasteiger partial charge is 0.463 e. The smallest absolute Gasteiger partial charge is 0.302 e. The van der Waals surface area contributed by atoms with Crippen molar-refractivity contribution in [3.05, 3.63) is 10.4 Å². The highest BCUT2D eigenvalue weighted by molar-refractivity contribution is 5.70. The Bertz CT molecular complexity index is 529. The van der Waals surface area contributed by atoms with E-state index in [0.29, 0.717) is 18.2 Å². The van der Waals surface area contributed by atoms with Crippen LogP contribution in [0.2, 0.25) is 0 Å². The number of rotatable bonds is 5. The first-order valence-electron chi connectivity index (χ1n) is 5.67. The van der Waals surface area contributed by atoms with Gasteiger partial charge in [-0.2, -0.15) is 4.98 Å². The van der Waals surface area contributed by atoms with Crippen LogP contribution in [-0.4, -0.2) is 42.6 Å². The summed E-state index contributed by atoms with van der Waals surface area (Å²) in [5.74, 6) is 0.156. The van der Waals surface area contributed by atoms with Gasteiger partial charge in [0.25, 0.3) is 5.56 Å². The van der Waals surface area contributed by atoms with Gasteiger partial charge in [0.1, 0.15) is 19.0 Å². The first kappa shape index (κ1) is 13.1. The summed E-state index contributed by atoms with van der Waals surface area (Å²) in [6.45, 7) is 2.41. The van der Waals surface area contributed by atoms with E-state index in [4.69, 9.17) is 15.2 Å². The minimum absolute atomic E-state index is 0.0531. The SMILES string of the molecule is CC(=O)OCCOCN1CNc2c1nc(N)[nH]c2=O. The van der Waals surface area contributed by atoms with Crippen molar-refractivity contribution in [2.45, 2.75) is 6.92 Å². The lowest BCUT2D eigenvalue weighted by Crippen LogP contribution is -2.27. The maximum Gasteiger partial charge on any atom is 0.302 e. The highest BCUT2D eigenvalue weighted by Crippen LogP contribution is 2.24. The summed E-state index contributed by atoms with van der Waals surface area (Å²) in [5.41, 5.74) is 5.54. The normalized spacial score (nSPS) is 13.0. The Balaban J connectivity index is 1.88. The van der Waals surface area contributed by atoms with Crippen molar-refractivity contribution < 1.29 is 14.3 Å². The zero-order valence-corrected chi connectivity index (χ0v) is 10.4. The van der Waals surface area contributed by atoms with Crippen LogP contribution in [0, 0.1) is 0 Å². The van der Waals surface area contributed by atoms with E-state index in [9.17, 15) is 9.59 Å². The lowest BCUT2D eigenvalue weighted by atomic mass is 10.5. The van der Waals surface area contributed by atoms with Gasteiger partial charge in [-0.15, -0.1) is 0 Å². The molecule has 19 heavy (non-hydrogen) atoms. The number of nitrogens with one attached hydrogen (secondary N) is 2. The molecule has 0 radical (unpaired) electrons. The van der Waals surface area contributed by atoms with Gasteiger partial charge in [0.2, 0.25) is 5.95 Å². The monoisotopic (exact) mass is 269 g/mol. The summed E-state index contributed by atoms with van der Waals surface area (Å²) < 4.78 is 10.0. The highest BCUT2D eigenvalue weighted by atomic mass is 16.6. The molecule has 0 aromatic carbocycles. The fraction of sp³-hybridized carbons (Fsp3) is 0.500. The lowest BCUT2D eigenvalue weighted by molar-refractivity contribution is -0.142. The lowest BCUT2D eigenvalue weighted by Gasteiger charge is -2.16. The molecule has 9 heteroatoms. The van der Waals surface area contributed by atoms with Crippen LogP contribution >= 0.6 is 0 Å². The number of H-pyrrole nitrogens is 1. The molecule has 0 amide bonds. The van der Waals surface area contributed by atoms with Crippen LogP contribution in [-0.2, 0) is 14.3 Å². The topological polar surface area (TPSA) is 123 Å². The van der Waals surface area contributed by atoms with Crippen molar-refractivity contribution in [2.75, 3.05) is 42.6 Å². The van der Waals surface area contributed by atoms with Crippen molar-refractivity contribution in [1.82, 2.24) is 9.97 Å². The van der Waals surface area contributed by atoms with E-state index in [1.807, 2.05) is 0 Å². The number of hydrogen-bond donors (Lipinski definition) is 3. The number of esters is 1. The highest BCUT2D eigenvalue weighted by Gasteiger charge is 2.23. The third kappa shape index (κ3) is 3.13. The van der Waals surface area contributed by atoms with Gasteiger partial charge in [0.15, 0.2) is 5.82 Å². The molecule has 0 bridgehead atoms. The summed E-state index contributed by atoms with van der Waals surface area (Å²) >= 11 is 0. The molecular formula is C10H15N5O4. The maximum atomic E-state index is 11.6. The number of carbonyl (C=O) groups is 1. The fourth-order valence-corrected chi connectivity index (χ4v) is 1.64. The molecule has 1 aromatic heterocycles. The zero-order chi connectivity index (χ0) is 13.8. The van der Waals surface area contributed by atoms with Gasteiger partial charge in [0, 0.05) is 6.92 Å². The average Bonchev–Trinajstić information content (AvgIpc) is 2.72. The Morgan fingerprint density at radius 1 is 1.53 bits per heavy atom. The molecule has 0 saturated carbocycles. The Kier molecular flexibility index (Phi) is 3.85. The maximum absolute atomic E-state index is 11.6. The number of ether oxygens (including phenoxy) is 2. The molecule has 0 aliphatic carbocycles. The van der Waals surface area contributed by atoms with Crippen LogP contribution < -0.4 is 21.5 Å². The van der Waals surface area contributed by atoms with Gasteiger partial charge in [-0.25, -0.2) is 0 Å². The molecule has 2 rings (SSSR count). The Morgan fingerprint density at radius 3 is 3.05 bits per heavy atom. The molecule has 104 valence electrons. The molecule has 0 spiro atoms. The van der Waals surface area contributed by atoms with E-state index in [2.05, 4.69) is 15.3 Å². The second-order valence-electron chi connectivity index (χ2n) is 3.90. The standard InChI is InChI=1S/C10H15N5O4/c1-6(16)19-3-2-18-5-15-4-12-7-8(15)13-10(11)14-9(7)17/h12H,2-5H2,1H3,(H3,11,13,14,17). The summed E-state index contributed by atoms with van der Waals surface area (Å²) in [4.78, 5) is 30.3. The zero-order valence-electron chi connectivity index (χ0n) is 10.4. The number of anilines is 3. The van der Waals surface area contributed by atoms with Crippen molar-refractivity contribution >= 4 is 23.4 Å². The fourth-order valence-electron chi connectivity index (χ4n) is 1.64. The molecule has 1 aliphatic rings. The number of aromatic nitrogens is 2. The average molecular weight is 269 g/mol. The van der Waals surface area contributed by atoms with E-state index in [1.165, 1.54) is 6.92 Å². The summed E-state index contributed by atoms with van der Waals surface area (Å²) in [6, 6.07) is 0. The van der Waals surface area contributed by atoms with E-state index < -0.39 is 0 Å². The molecule has 1 aliphatic heterocycles. The molecule has 0 saturated heterocycles. The van der Waals surface area contributed by atoms with Crippen LogP contribution in [0.4, 0.5) is 17.5 Å². The number of nitrogen functional groups attached to an aromatic ring is 1. The van der Waals surface area contributed by atoms with E-state index in [0.717, 1.165) is 0 Å². The number of carbonyl (C=O) groups excluding carboxylic acids is 1. The molecule has 4 N–H and O–H groups in total. The predicted octanol–water partition coefficient (Wildman–Crippen LogP) is -0.921. The third-order valence-corrected chi connectivity index (χ3v) is 2.44. The van der Waals surface area contributed by atoms with Crippen LogP contribution in [0.5, 0.6) is 0 Å². The number of nitrogens with two attached hydrogens (primary N) is 1. The Hall–Kier alpha value is -2.29. The van der Waals surface area contributed by atoms with E-state index in [-0.39, 0.29) is 37.4 Å². The molecule has 9 nitrogen and oxygen atoms in total. The van der Waals surface area contributed by atoms with Crippen LogP contribution in [0.15, 0.2) is 4.79 Å². The van der Waals surface area contributed by atoms with Crippen LogP contribution in [0.1, 0.15) is 6.92 Å². The summed E-state index contributed by atoms with van der Waals surface area (Å²) in [7, 11) is 0. The molecule has 1 aromatic rings. The van der Waals surface area contributed by atoms with Crippen molar-refractivity contribution in [1.29, 1.82) is 0 Å². The summed E-state index contributed by atoms with van der Waals surface area (Å²) in [5, 5.41) is 2.90. The number of fused-ring (bicyclic) bond motifs is 1. The number of aromatic amines is 1. The van der Waals surface area contributed by atoms with Gasteiger partial charge in [-0.3, -0.25) is 14.6 Å². The summed E-state index contributed by atoms with van der Waals surface area (Å²) in [6.07, 6.45) is 0. The minimum atomic E-state index is -0.349. The first-order valence-corrected chi connectivity index (χ1v) is 5.67. The minimum Gasteiger partial charge on any atom is -0.463 e. The van der Waals surface area contributed by atoms with Crippen LogP contribution in [0.25, 0.3) is 0 Å². The number of hydrogen-bond acceptors (Lipinski definition) is 8. The van der Waals surface area contributed by atoms with Gasteiger partial charge < -0.3 is 25.4 Å². The van der Waals surface area contributed by atoms with Gasteiger partial charge in [0.05, 0.1) is 13.3 Å². The second kappa shape index (κ2) is 5.57. The van der Waals surface area contributed by atoms with Crippen molar-refractivity contribution in [3.8, 4) is 0 Å². The number of nitrogens with zero attached hydrogens (tertiary/aromatic N) is 2. The first-order chi connectivity index (χ1) is 9.08. The van der Waals surface area contributed by atoms with E-state index in [1.54, 1.807) is 4.90 Å². The van der Waals surface area contributed by atoms with Crippen LogP contribution in [0.3, 0.4) is 0 Å². The molecule has 0 fully saturated rings. The molecule has 0 atom stereocenters. The second-order valence-corrected chi connectivity index (χ2v) is 3.90. The Morgan fingerprint density at radius 2 is 2.32 bits per heavy atom. The quantitative estimate of drug-likeness (QED) is 0.463. The molecule has 0 unspecified atom stereocenters. The molecular weight excluding hydrogens is 254 g/mol. The predicted molar refractivity (Wildman–Crippen MR) is 67.7 cm³/mol. The molecule has 2 heterocycles. The van der Waals surface area contributed by atoms with E-state index >= 15 is 0 Å². The van der Waals surface area contributed by atoms with Gasteiger partial charge >= 0.3 is 5.97 Å². The third-order valence-electron chi connectivity index (χ3n) is 2.44. The van der Waals surface area contributed by atoms with Gasteiger partial charge in [-0.1, -0.05) is 0 Å². The van der Waals surface area contributed by atoms with Gasteiger partial charge in [-0.05, 0) is 0 Å². The van der Waals surface area contributed by atoms with Crippen molar-refractivity contribution in [2.24, 2.45) is 0 Å². The van der Waals surface area contributed by atoms with Crippen molar-refractivity contribution in [3.63, 3.8) is 0 Å².